The van der Waals surface area contributed by atoms with E-state index < -0.39 is 5.91 Å². The predicted octanol–water partition coefficient (Wildman–Crippen LogP) is 0.0445. The van der Waals surface area contributed by atoms with Crippen molar-refractivity contribution in [2.75, 3.05) is 13.6 Å². The van der Waals surface area contributed by atoms with Gasteiger partial charge < -0.3 is 10.6 Å². The van der Waals surface area contributed by atoms with Crippen LogP contribution >= 0.6 is 0 Å². The van der Waals surface area contributed by atoms with Gasteiger partial charge in [-0.2, -0.15) is 5.26 Å². The lowest BCUT2D eigenvalue weighted by Crippen LogP contribution is -2.36. The molecular formula is C12H13N3O2. The first kappa shape index (κ1) is 12.7. The minimum Gasteiger partial charge on any atom is -0.368 e. The highest BCUT2D eigenvalue weighted by molar-refractivity contribution is 5.84. The van der Waals surface area contributed by atoms with Gasteiger partial charge in [0.25, 0.3) is 0 Å². The van der Waals surface area contributed by atoms with E-state index in [4.69, 9.17) is 11.0 Å². The van der Waals surface area contributed by atoms with Gasteiger partial charge in [0.1, 0.15) is 0 Å². The fourth-order valence-electron chi connectivity index (χ4n) is 1.33. The Balaban J connectivity index is 2.61. The van der Waals surface area contributed by atoms with Gasteiger partial charge in [0.2, 0.25) is 11.8 Å². The number of amides is 2. The molecule has 0 heterocycles. The second-order valence-electron chi connectivity index (χ2n) is 3.70. The maximum absolute atomic E-state index is 11.7. The highest BCUT2D eigenvalue weighted by Gasteiger charge is 2.11. The first-order valence-corrected chi connectivity index (χ1v) is 5.04. The number of hydrogen-bond donors (Lipinski definition) is 1. The molecule has 2 N–H and O–H groups in total. The molecule has 2 amide bonds. The van der Waals surface area contributed by atoms with Crippen molar-refractivity contribution in [3.8, 4) is 6.07 Å². The molecular weight excluding hydrogens is 218 g/mol. The molecule has 0 unspecified atom stereocenters. The van der Waals surface area contributed by atoms with E-state index in [1.54, 1.807) is 24.3 Å². The van der Waals surface area contributed by atoms with Crippen molar-refractivity contribution in [1.82, 2.24) is 4.90 Å². The van der Waals surface area contributed by atoms with Crippen LogP contribution in [0, 0.1) is 11.3 Å². The number of hydrogen-bond acceptors (Lipinski definition) is 3. The van der Waals surface area contributed by atoms with E-state index in [0.717, 1.165) is 5.56 Å². The van der Waals surface area contributed by atoms with E-state index in [9.17, 15) is 9.59 Å². The lowest BCUT2D eigenvalue weighted by atomic mass is 10.1. The molecule has 5 nitrogen and oxygen atoms in total. The SMILES string of the molecule is CN(CC(N)=O)C(=O)Cc1ccc(C#N)cc1. The number of likely N-dealkylation sites (N-methyl/N-ethyl adjacent to an activating group) is 1. The highest BCUT2D eigenvalue weighted by atomic mass is 16.2. The smallest absolute Gasteiger partial charge is 0.237 e. The number of nitrogens with two attached hydrogens (primary N) is 1. The van der Waals surface area contributed by atoms with Crippen LogP contribution in [-0.4, -0.2) is 30.3 Å². The Morgan fingerprint density at radius 1 is 1.35 bits per heavy atom. The minimum absolute atomic E-state index is 0.0882. The Bertz CT molecular complexity index is 460. The van der Waals surface area contributed by atoms with Crippen molar-refractivity contribution in [2.24, 2.45) is 5.73 Å². The third kappa shape index (κ3) is 3.95. The van der Waals surface area contributed by atoms with Crippen LogP contribution in [0.4, 0.5) is 0 Å². The summed E-state index contributed by atoms with van der Waals surface area (Å²) in [6, 6.07) is 8.73. The summed E-state index contributed by atoms with van der Waals surface area (Å²) in [5.74, 6) is -0.728. The molecule has 0 spiro atoms. The van der Waals surface area contributed by atoms with E-state index in [0.29, 0.717) is 5.56 Å². The number of nitrogens with zero attached hydrogens (tertiary/aromatic N) is 2. The lowest BCUT2D eigenvalue weighted by Gasteiger charge is -2.14. The number of nitriles is 1. The van der Waals surface area contributed by atoms with Crippen LogP contribution in [0.1, 0.15) is 11.1 Å². The number of carbonyl (C=O) groups excluding carboxylic acids is 2. The standard InChI is InChI=1S/C12H13N3O2/c1-15(8-11(14)16)12(17)6-9-2-4-10(7-13)5-3-9/h2-5H,6,8H2,1H3,(H2,14,16). The molecule has 0 aromatic heterocycles. The monoisotopic (exact) mass is 231 g/mol. The van der Waals surface area contributed by atoms with Gasteiger partial charge in [-0.3, -0.25) is 9.59 Å². The highest BCUT2D eigenvalue weighted by Crippen LogP contribution is 2.05. The summed E-state index contributed by atoms with van der Waals surface area (Å²) in [6.07, 6.45) is 0.190. The van der Waals surface area contributed by atoms with Crippen LogP contribution < -0.4 is 5.73 Å². The summed E-state index contributed by atoms with van der Waals surface area (Å²) in [4.78, 5) is 23.6. The van der Waals surface area contributed by atoms with Gasteiger partial charge in [0.05, 0.1) is 24.6 Å². The van der Waals surface area contributed by atoms with Gasteiger partial charge in [0.15, 0.2) is 0 Å². The van der Waals surface area contributed by atoms with Crippen molar-refractivity contribution < 1.29 is 9.59 Å². The Labute approximate surface area is 99.4 Å². The lowest BCUT2D eigenvalue weighted by molar-refractivity contribution is -0.133. The summed E-state index contributed by atoms with van der Waals surface area (Å²) in [6.45, 7) is -0.0882. The number of primary amides is 1. The van der Waals surface area contributed by atoms with Gasteiger partial charge in [-0.25, -0.2) is 0 Å². The fraction of sp³-hybridized carbons (Fsp3) is 0.250. The van der Waals surface area contributed by atoms with Gasteiger partial charge in [0, 0.05) is 7.05 Å². The molecule has 0 saturated heterocycles. The predicted molar refractivity (Wildman–Crippen MR) is 61.7 cm³/mol. The van der Waals surface area contributed by atoms with Crippen molar-refractivity contribution in [1.29, 1.82) is 5.26 Å². The summed E-state index contributed by atoms with van der Waals surface area (Å²) in [5, 5.41) is 8.62. The molecule has 88 valence electrons. The topological polar surface area (TPSA) is 87.2 Å². The maximum atomic E-state index is 11.7. The molecule has 0 saturated carbocycles. The fourth-order valence-corrected chi connectivity index (χ4v) is 1.33. The van der Waals surface area contributed by atoms with Crippen molar-refractivity contribution in [3.05, 3.63) is 35.4 Å². The van der Waals surface area contributed by atoms with Gasteiger partial charge >= 0.3 is 0 Å². The molecule has 5 heteroatoms. The molecule has 0 atom stereocenters. The minimum atomic E-state index is -0.541. The number of benzene rings is 1. The summed E-state index contributed by atoms with van der Waals surface area (Å²) in [7, 11) is 1.52. The third-order valence-corrected chi connectivity index (χ3v) is 2.26. The first-order valence-electron chi connectivity index (χ1n) is 5.04. The summed E-state index contributed by atoms with van der Waals surface area (Å²) >= 11 is 0. The van der Waals surface area contributed by atoms with Crippen molar-refractivity contribution in [2.45, 2.75) is 6.42 Å². The molecule has 0 fully saturated rings. The normalized spacial score (nSPS) is 9.41. The molecule has 0 radical (unpaired) electrons. The molecule has 1 rings (SSSR count). The Kier molecular flexibility index (Phi) is 4.23. The van der Waals surface area contributed by atoms with Crippen LogP contribution in [0.2, 0.25) is 0 Å². The largest absolute Gasteiger partial charge is 0.368 e. The van der Waals surface area contributed by atoms with Gasteiger partial charge in [-0.05, 0) is 17.7 Å². The van der Waals surface area contributed by atoms with E-state index in [1.165, 1.54) is 11.9 Å². The van der Waals surface area contributed by atoms with E-state index >= 15 is 0 Å². The second-order valence-corrected chi connectivity index (χ2v) is 3.70. The number of rotatable bonds is 4. The summed E-state index contributed by atoms with van der Waals surface area (Å²) < 4.78 is 0. The summed E-state index contributed by atoms with van der Waals surface area (Å²) in [5.41, 5.74) is 6.34. The first-order chi connectivity index (χ1) is 8.02. The second kappa shape index (κ2) is 5.66. The molecule has 0 aliphatic rings. The molecule has 0 bridgehead atoms. The molecule has 1 aromatic carbocycles. The molecule has 0 aliphatic heterocycles. The van der Waals surface area contributed by atoms with E-state index in [-0.39, 0.29) is 18.9 Å². The third-order valence-electron chi connectivity index (χ3n) is 2.26. The Morgan fingerprint density at radius 3 is 2.41 bits per heavy atom. The quantitative estimate of drug-likeness (QED) is 0.793. The van der Waals surface area contributed by atoms with Gasteiger partial charge in [-0.15, -0.1) is 0 Å². The van der Waals surface area contributed by atoms with Crippen molar-refractivity contribution >= 4 is 11.8 Å². The number of carbonyl (C=O) groups is 2. The van der Waals surface area contributed by atoms with E-state index in [2.05, 4.69) is 0 Å². The van der Waals surface area contributed by atoms with Crippen LogP contribution in [0.25, 0.3) is 0 Å². The molecule has 0 aliphatic carbocycles. The van der Waals surface area contributed by atoms with Crippen LogP contribution in [-0.2, 0) is 16.0 Å². The average Bonchev–Trinajstić information content (AvgIpc) is 2.29. The average molecular weight is 231 g/mol. The Morgan fingerprint density at radius 2 is 1.94 bits per heavy atom. The Hall–Kier alpha value is -2.35. The zero-order chi connectivity index (χ0) is 12.8. The maximum Gasteiger partial charge on any atom is 0.237 e. The van der Waals surface area contributed by atoms with Crippen LogP contribution in [0.15, 0.2) is 24.3 Å². The zero-order valence-electron chi connectivity index (χ0n) is 9.51. The van der Waals surface area contributed by atoms with Crippen LogP contribution in [0.5, 0.6) is 0 Å². The van der Waals surface area contributed by atoms with Crippen molar-refractivity contribution in [3.63, 3.8) is 0 Å². The molecule has 17 heavy (non-hydrogen) atoms. The zero-order valence-corrected chi connectivity index (χ0v) is 9.51. The van der Waals surface area contributed by atoms with Crippen LogP contribution in [0.3, 0.4) is 0 Å². The van der Waals surface area contributed by atoms with E-state index in [1.807, 2.05) is 6.07 Å². The molecule has 1 aromatic rings. The van der Waals surface area contributed by atoms with Gasteiger partial charge in [-0.1, -0.05) is 12.1 Å².